The second-order valence-electron chi connectivity index (χ2n) is 2.82. The van der Waals surface area contributed by atoms with Gasteiger partial charge < -0.3 is 11.1 Å². The summed E-state index contributed by atoms with van der Waals surface area (Å²) in [4.78, 5) is 13.5. The molecular weight excluding hydrogens is 198 g/mol. The number of anilines is 1. The quantitative estimate of drug-likeness (QED) is 0.780. The molecule has 3 N–H and O–H groups in total. The van der Waals surface area contributed by atoms with Crippen LogP contribution in [-0.4, -0.2) is 28.0 Å². The van der Waals surface area contributed by atoms with Gasteiger partial charge in [0.25, 0.3) is 0 Å². The summed E-state index contributed by atoms with van der Waals surface area (Å²) in [5, 5.41) is 4.12. The Hall–Kier alpha value is -1.27. The van der Waals surface area contributed by atoms with Gasteiger partial charge in [0.15, 0.2) is 5.82 Å². The van der Waals surface area contributed by atoms with Crippen molar-refractivity contribution in [1.82, 2.24) is 15.0 Å². The normalized spacial score (nSPS) is 10.7. The Morgan fingerprint density at radius 2 is 2.36 bits per heavy atom. The van der Waals surface area contributed by atoms with Crippen LogP contribution < -0.4 is 11.1 Å². The van der Waals surface area contributed by atoms with E-state index in [9.17, 15) is 0 Å². The van der Waals surface area contributed by atoms with Gasteiger partial charge in [0.2, 0.25) is 0 Å². The van der Waals surface area contributed by atoms with Gasteiger partial charge in [-0.1, -0.05) is 11.3 Å². The van der Waals surface area contributed by atoms with Crippen LogP contribution >= 0.6 is 11.3 Å². The molecule has 14 heavy (non-hydrogen) atoms. The summed E-state index contributed by atoms with van der Waals surface area (Å²) in [5.41, 5.74) is 6.24. The maximum atomic E-state index is 5.40. The van der Waals surface area contributed by atoms with Crippen LogP contribution in [0.3, 0.4) is 0 Å². The predicted octanol–water partition coefficient (Wildman–Crippen LogP) is 0.765. The average Bonchev–Trinajstić information content (AvgIpc) is 2.55. The lowest BCUT2D eigenvalue weighted by Crippen LogP contribution is -2.14. The first-order chi connectivity index (χ1) is 6.81. The first-order valence-corrected chi connectivity index (χ1v) is 5.15. The third-order valence-corrected chi connectivity index (χ3v) is 2.62. The Kier molecular flexibility index (Phi) is 2.55. The van der Waals surface area contributed by atoms with Crippen molar-refractivity contribution in [3.63, 3.8) is 0 Å². The van der Waals surface area contributed by atoms with Gasteiger partial charge >= 0.3 is 0 Å². The highest BCUT2D eigenvalue weighted by Gasteiger charge is 2.07. The maximum absolute atomic E-state index is 5.40. The number of nitrogens with one attached hydrogen (secondary N) is 1. The lowest BCUT2D eigenvalue weighted by atomic mass is 10.5. The van der Waals surface area contributed by atoms with Crippen molar-refractivity contribution in [2.45, 2.75) is 6.92 Å². The zero-order valence-electron chi connectivity index (χ0n) is 7.82. The lowest BCUT2D eigenvalue weighted by molar-refractivity contribution is 1.01. The number of aromatic nitrogens is 3. The van der Waals surface area contributed by atoms with E-state index in [-0.39, 0.29) is 0 Å². The molecule has 0 radical (unpaired) electrons. The molecule has 0 aromatic carbocycles. The highest BCUT2D eigenvalue weighted by Crippen LogP contribution is 2.23. The predicted molar refractivity (Wildman–Crippen MR) is 57.5 cm³/mol. The molecule has 2 heterocycles. The van der Waals surface area contributed by atoms with Crippen LogP contribution in [0.2, 0.25) is 0 Å². The van der Waals surface area contributed by atoms with Gasteiger partial charge in [0.1, 0.15) is 16.7 Å². The highest BCUT2D eigenvalue weighted by atomic mass is 32.1. The summed E-state index contributed by atoms with van der Waals surface area (Å²) in [6.07, 6.45) is 1.54. The van der Waals surface area contributed by atoms with E-state index >= 15 is 0 Å². The number of hydrogen-bond acceptors (Lipinski definition) is 6. The lowest BCUT2D eigenvalue weighted by Gasteiger charge is -2.02. The molecule has 0 saturated heterocycles. The number of aryl methyl sites for hydroxylation is 1. The number of fused-ring (bicyclic) bond motifs is 1. The fourth-order valence-corrected chi connectivity index (χ4v) is 1.93. The zero-order valence-corrected chi connectivity index (χ0v) is 8.64. The minimum absolute atomic E-state index is 0.578. The molecule has 0 atom stereocenters. The fraction of sp³-hybridized carbons (Fsp3) is 0.375. The van der Waals surface area contributed by atoms with Gasteiger partial charge in [0, 0.05) is 13.1 Å². The van der Waals surface area contributed by atoms with Gasteiger partial charge in [-0.25, -0.2) is 15.0 Å². The summed E-state index contributed by atoms with van der Waals surface area (Å²) in [5.74, 6) is 0.768. The monoisotopic (exact) mass is 209 g/mol. The van der Waals surface area contributed by atoms with Crippen LogP contribution in [0.4, 0.5) is 5.82 Å². The van der Waals surface area contributed by atoms with Crippen molar-refractivity contribution in [3.8, 4) is 0 Å². The highest BCUT2D eigenvalue weighted by molar-refractivity contribution is 7.18. The van der Waals surface area contributed by atoms with Gasteiger partial charge in [-0.15, -0.1) is 0 Å². The van der Waals surface area contributed by atoms with Gasteiger partial charge in [-0.05, 0) is 6.92 Å². The zero-order chi connectivity index (χ0) is 9.97. The minimum Gasteiger partial charge on any atom is -0.367 e. The SMILES string of the molecule is Cc1nc2c(NCCN)ncnc2s1. The minimum atomic E-state index is 0.578. The first kappa shape index (κ1) is 9.29. The van der Waals surface area contributed by atoms with E-state index in [0.717, 1.165) is 21.2 Å². The molecule has 0 unspecified atom stereocenters. The van der Waals surface area contributed by atoms with Crippen molar-refractivity contribution >= 4 is 27.5 Å². The molecular formula is C8H11N5S. The molecule has 2 rings (SSSR count). The molecule has 0 bridgehead atoms. The molecule has 0 aliphatic rings. The number of hydrogen-bond donors (Lipinski definition) is 2. The van der Waals surface area contributed by atoms with Crippen LogP contribution in [0, 0.1) is 6.92 Å². The average molecular weight is 209 g/mol. The second kappa shape index (κ2) is 3.85. The largest absolute Gasteiger partial charge is 0.367 e. The molecule has 0 fully saturated rings. The van der Waals surface area contributed by atoms with Crippen LogP contribution in [-0.2, 0) is 0 Å². The number of nitrogens with zero attached hydrogens (tertiary/aromatic N) is 3. The van der Waals surface area contributed by atoms with Gasteiger partial charge in [-0.3, -0.25) is 0 Å². The third-order valence-electron chi connectivity index (χ3n) is 1.74. The summed E-state index contributed by atoms with van der Waals surface area (Å²) in [7, 11) is 0. The summed E-state index contributed by atoms with van der Waals surface area (Å²) < 4.78 is 0. The smallest absolute Gasteiger partial charge is 0.157 e. The van der Waals surface area contributed by atoms with Crippen LogP contribution in [0.15, 0.2) is 6.33 Å². The number of thiazole rings is 1. The summed E-state index contributed by atoms with van der Waals surface area (Å²) in [6, 6.07) is 0. The molecule has 0 saturated carbocycles. The van der Waals surface area contributed by atoms with Gasteiger partial charge in [0.05, 0.1) is 5.01 Å². The number of rotatable bonds is 3. The van der Waals surface area contributed by atoms with E-state index in [1.165, 1.54) is 0 Å². The van der Waals surface area contributed by atoms with Crippen molar-refractivity contribution in [3.05, 3.63) is 11.3 Å². The summed E-state index contributed by atoms with van der Waals surface area (Å²) in [6.45, 7) is 3.23. The van der Waals surface area contributed by atoms with Crippen LogP contribution in [0.25, 0.3) is 10.3 Å². The van der Waals surface area contributed by atoms with E-state index in [0.29, 0.717) is 13.1 Å². The summed E-state index contributed by atoms with van der Waals surface area (Å²) >= 11 is 1.57. The third kappa shape index (κ3) is 1.66. The molecule has 6 heteroatoms. The van der Waals surface area contributed by atoms with Gasteiger partial charge in [-0.2, -0.15) is 0 Å². The fourth-order valence-electron chi connectivity index (χ4n) is 1.18. The van der Waals surface area contributed by atoms with Crippen LogP contribution in [0.1, 0.15) is 5.01 Å². The standard InChI is InChI=1S/C8H11N5S/c1-5-13-6-7(10-3-2-9)11-4-12-8(6)14-5/h4H,2-3,9H2,1H3,(H,10,11,12). The molecule has 0 amide bonds. The van der Waals surface area contributed by atoms with Crippen molar-refractivity contribution in [2.24, 2.45) is 5.73 Å². The first-order valence-electron chi connectivity index (χ1n) is 4.33. The van der Waals surface area contributed by atoms with E-state index in [1.54, 1.807) is 17.7 Å². The maximum Gasteiger partial charge on any atom is 0.157 e. The number of nitrogens with two attached hydrogens (primary N) is 1. The second-order valence-corrected chi connectivity index (χ2v) is 4.01. The Morgan fingerprint density at radius 1 is 1.50 bits per heavy atom. The Bertz CT molecular complexity index is 438. The molecule has 0 aliphatic carbocycles. The molecule has 5 nitrogen and oxygen atoms in total. The molecule has 2 aromatic rings. The van der Waals surface area contributed by atoms with Crippen molar-refractivity contribution in [1.29, 1.82) is 0 Å². The molecule has 0 spiro atoms. The molecule has 0 aliphatic heterocycles. The Labute approximate surface area is 85.4 Å². The Morgan fingerprint density at radius 3 is 3.14 bits per heavy atom. The molecule has 2 aromatic heterocycles. The Balaban J connectivity index is 2.42. The van der Waals surface area contributed by atoms with Crippen LogP contribution in [0.5, 0.6) is 0 Å². The van der Waals surface area contributed by atoms with Crippen molar-refractivity contribution < 1.29 is 0 Å². The van der Waals surface area contributed by atoms with E-state index in [1.807, 2.05) is 6.92 Å². The van der Waals surface area contributed by atoms with E-state index < -0.39 is 0 Å². The topological polar surface area (TPSA) is 76.7 Å². The van der Waals surface area contributed by atoms with E-state index in [2.05, 4.69) is 20.3 Å². The van der Waals surface area contributed by atoms with Crippen molar-refractivity contribution in [2.75, 3.05) is 18.4 Å². The molecule has 74 valence electrons. The van der Waals surface area contributed by atoms with E-state index in [4.69, 9.17) is 5.73 Å².